The molecule has 0 aliphatic carbocycles. The minimum Gasteiger partial charge on any atom is -0.475 e. The van der Waals surface area contributed by atoms with Gasteiger partial charge in [-0.2, -0.15) is 26.3 Å². The highest BCUT2D eigenvalue weighted by Gasteiger charge is 2.50. The minimum absolute atomic E-state index is 0.0381. The Kier molecular flexibility index (Phi) is 11.5. The third kappa shape index (κ3) is 10.3. The van der Waals surface area contributed by atoms with Crippen LogP contribution in [0.3, 0.4) is 0 Å². The normalized spacial score (nSPS) is 21.4. The van der Waals surface area contributed by atoms with E-state index < -0.39 is 24.3 Å². The molecule has 0 radical (unpaired) electrons. The van der Waals surface area contributed by atoms with Crippen molar-refractivity contribution in [3.8, 4) is 0 Å². The summed E-state index contributed by atoms with van der Waals surface area (Å²) in [5.74, 6) is -5.09. The largest absolute Gasteiger partial charge is 0.490 e. The molecule has 10 nitrogen and oxygen atoms in total. The number of carboxylic acids is 2. The van der Waals surface area contributed by atoms with Crippen molar-refractivity contribution in [3.05, 3.63) is 30.1 Å². The zero-order valence-corrected chi connectivity index (χ0v) is 18.9. The van der Waals surface area contributed by atoms with E-state index in [4.69, 9.17) is 29.3 Å². The number of ether oxygens (including phenoxy) is 2. The predicted molar refractivity (Wildman–Crippen MR) is 109 cm³/mol. The van der Waals surface area contributed by atoms with E-state index in [2.05, 4.69) is 27.3 Å². The topological polar surface area (TPSA) is 138 Å². The van der Waals surface area contributed by atoms with Crippen molar-refractivity contribution in [3.63, 3.8) is 0 Å². The fourth-order valence-corrected chi connectivity index (χ4v) is 3.52. The number of alkyl halides is 6. The van der Waals surface area contributed by atoms with E-state index in [1.54, 1.807) is 0 Å². The number of hydrogen-bond donors (Lipinski definition) is 3. The molecule has 0 aromatic carbocycles. The molecule has 2 fully saturated rings. The molecule has 3 rings (SSSR count). The summed E-state index contributed by atoms with van der Waals surface area (Å²) >= 11 is 0. The molecule has 3 N–H and O–H groups in total. The monoisotopic (exact) mass is 533 g/mol. The van der Waals surface area contributed by atoms with Crippen molar-refractivity contribution in [1.29, 1.82) is 0 Å². The average molecular weight is 533 g/mol. The number of likely N-dealkylation sites (tertiary alicyclic amines) is 1. The lowest BCUT2D eigenvalue weighted by Crippen LogP contribution is -2.44. The lowest BCUT2D eigenvalue weighted by Gasteiger charge is -2.27. The van der Waals surface area contributed by atoms with Gasteiger partial charge in [0, 0.05) is 57.0 Å². The summed E-state index contributed by atoms with van der Waals surface area (Å²) in [7, 11) is 1.53. The maximum absolute atomic E-state index is 11.7. The molecule has 0 saturated carbocycles. The Hall–Kier alpha value is -2.98. The molecule has 2 atom stereocenters. The molecule has 0 unspecified atom stereocenters. The van der Waals surface area contributed by atoms with Crippen molar-refractivity contribution in [2.24, 2.45) is 11.3 Å². The van der Waals surface area contributed by atoms with Crippen LogP contribution in [0.15, 0.2) is 24.5 Å². The molecule has 1 aromatic heterocycles. The van der Waals surface area contributed by atoms with E-state index in [0.29, 0.717) is 12.5 Å². The molecule has 204 valence electrons. The van der Waals surface area contributed by atoms with E-state index >= 15 is 0 Å². The molecule has 0 bridgehead atoms. The van der Waals surface area contributed by atoms with Gasteiger partial charge in [0.25, 0.3) is 0 Å². The summed E-state index contributed by atoms with van der Waals surface area (Å²) < 4.78 is 74.0. The Labute approximate surface area is 201 Å². The van der Waals surface area contributed by atoms with E-state index in [0.717, 1.165) is 32.8 Å². The fourth-order valence-electron chi connectivity index (χ4n) is 3.52. The van der Waals surface area contributed by atoms with Crippen LogP contribution in [0.2, 0.25) is 0 Å². The Morgan fingerprint density at radius 1 is 1.14 bits per heavy atom. The van der Waals surface area contributed by atoms with E-state index in [9.17, 15) is 31.1 Å². The van der Waals surface area contributed by atoms with Crippen LogP contribution in [0.5, 0.6) is 0 Å². The summed E-state index contributed by atoms with van der Waals surface area (Å²) in [6, 6.07) is 4.11. The maximum atomic E-state index is 11.7. The van der Waals surface area contributed by atoms with Crippen LogP contribution < -0.4 is 5.32 Å². The van der Waals surface area contributed by atoms with Gasteiger partial charge in [-0.05, 0) is 17.7 Å². The van der Waals surface area contributed by atoms with Crippen molar-refractivity contribution in [1.82, 2.24) is 15.2 Å². The Morgan fingerprint density at radius 3 is 2.14 bits per heavy atom. The van der Waals surface area contributed by atoms with Gasteiger partial charge in [0.1, 0.15) is 6.61 Å². The molecule has 2 aliphatic rings. The van der Waals surface area contributed by atoms with Crippen LogP contribution in [0, 0.1) is 11.3 Å². The van der Waals surface area contributed by atoms with Crippen molar-refractivity contribution in [2.75, 3.05) is 46.6 Å². The van der Waals surface area contributed by atoms with Gasteiger partial charge in [-0.15, -0.1) is 0 Å². The van der Waals surface area contributed by atoms with Gasteiger partial charge in [0.05, 0.1) is 13.2 Å². The standard InChI is InChI=1S/C16H23N3O3.2C2HF3O2/c1-21-9-15(20)18-10-16-11-19(7-14(16)8-22-12-16)6-13-2-4-17-5-3-13;2*3-2(4,5)1(6)7/h2-5,14H,6-12H2,1H3,(H,18,20);2*(H,6,7)/t14-,16+;;/m1../s1. The van der Waals surface area contributed by atoms with Gasteiger partial charge in [-0.1, -0.05) is 0 Å². The number of carboxylic acid groups (broad SMARTS) is 2. The molecular formula is C20H25F6N3O7. The third-order valence-electron chi connectivity index (χ3n) is 5.15. The SMILES string of the molecule is COCC(=O)NC[C@]12COC[C@H]1CN(Cc1ccncc1)C2.O=C(O)C(F)(F)F.O=C(O)C(F)(F)F. The third-order valence-corrected chi connectivity index (χ3v) is 5.15. The number of fused-ring (bicyclic) bond motifs is 1. The van der Waals surface area contributed by atoms with Gasteiger partial charge >= 0.3 is 24.3 Å². The highest BCUT2D eigenvalue weighted by atomic mass is 19.4. The molecule has 36 heavy (non-hydrogen) atoms. The first-order chi connectivity index (χ1) is 16.6. The first-order valence-corrected chi connectivity index (χ1v) is 10.2. The van der Waals surface area contributed by atoms with Gasteiger partial charge in [-0.25, -0.2) is 9.59 Å². The van der Waals surface area contributed by atoms with Gasteiger partial charge < -0.3 is 25.0 Å². The molecule has 1 aromatic rings. The Bertz CT molecular complexity index is 846. The van der Waals surface area contributed by atoms with Crippen molar-refractivity contribution in [2.45, 2.75) is 18.9 Å². The number of nitrogens with one attached hydrogen (secondary N) is 1. The summed E-state index contributed by atoms with van der Waals surface area (Å²) in [5, 5.41) is 17.2. The van der Waals surface area contributed by atoms with Gasteiger partial charge in [-0.3, -0.25) is 14.7 Å². The number of hydrogen-bond acceptors (Lipinski definition) is 7. The number of methoxy groups -OCH3 is 1. The number of carbonyl (C=O) groups is 3. The molecule has 2 aliphatic heterocycles. The average Bonchev–Trinajstić information content (AvgIpc) is 3.29. The number of amides is 1. The van der Waals surface area contributed by atoms with Gasteiger partial charge in [0.2, 0.25) is 5.91 Å². The predicted octanol–water partition coefficient (Wildman–Crippen LogP) is 1.56. The summed E-state index contributed by atoms with van der Waals surface area (Å²) in [6.45, 7) is 5.17. The van der Waals surface area contributed by atoms with Crippen LogP contribution in [0.4, 0.5) is 26.3 Å². The number of rotatable bonds is 6. The molecule has 1 amide bonds. The summed E-state index contributed by atoms with van der Waals surface area (Å²) in [6.07, 6.45) is -6.51. The highest BCUT2D eigenvalue weighted by Crippen LogP contribution is 2.41. The Balaban J connectivity index is 0.000000383. The quantitative estimate of drug-likeness (QED) is 0.465. The summed E-state index contributed by atoms with van der Waals surface area (Å²) in [4.78, 5) is 36.0. The smallest absolute Gasteiger partial charge is 0.475 e. The van der Waals surface area contributed by atoms with Crippen LogP contribution in [0.1, 0.15) is 5.56 Å². The molecule has 3 heterocycles. The molecular weight excluding hydrogens is 508 g/mol. The lowest BCUT2D eigenvalue weighted by atomic mass is 9.81. The van der Waals surface area contributed by atoms with E-state index in [-0.39, 0.29) is 17.9 Å². The fraction of sp³-hybridized carbons (Fsp3) is 0.600. The Morgan fingerprint density at radius 2 is 1.67 bits per heavy atom. The maximum Gasteiger partial charge on any atom is 0.490 e. The highest BCUT2D eigenvalue weighted by molar-refractivity contribution is 5.77. The molecule has 16 heteroatoms. The number of pyridine rings is 1. The zero-order valence-electron chi connectivity index (χ0n) is 18.9. The van der Waals surface area contributed by atoms with Crippen LogP contribution in [-0.4, -0.2) is 96.9 Å². The van der Waals surface area contributed by atoms with Crippen LogP contribution in [0.25, 0.3) is 0 Å². The van der Waals surface area contributed by atoms with E-state index in [1.807, 2.05) is 12.4 Å². The van der Waals surface area contributed by atoms with Crippen LogP contribution >= 0.6 is 0 Å². The number of nitrogens with zero attached hydrogens (tertiary/aromatic N) is 2. The number of carbonyl (C=O) groups excluding carboxylic acids is 1. The number of halogens is 6. The van der Waals surface area contributed by atoms with Crippen molar-refractivity contribution < 1.29 is 60.4 Å². The first kappa shape index (κ1) is 31.1. The lowest BCUT2D eigenvalue weighted by molar-refractivity contribution is -0.193. The second-order valence-corrected chi connectivity index (χ2v) is 7.92. The first-order valence-electron chi connectivity index (χ1n) is 10.2. The second-order valence-electron chi connectivity index (χ2n) is 7.92. The molecule has 0 spiro atoms. The number of aliphatic carboxylic acids is 2. The minimum atomic E-state index is -5.08. The summed E-state index contributed by atoms with van der Waals surface area (Å²) in [5.41, 5.74) is 1.31. The van der Waals surface area contributed by atoms with Crippen LogP contribution in [-0.2, 0) is 30.4 Å². The second kappa shape index (κ2) is 13.4. The van der Waals surface area contributed by atoms with Crippen molar-refractivity contribution >= 4 is 17.8 Å². The van der Waals surface area contributed by atoms with E-state index in [1.165, 1.54) is 12.7 Å². The zero-order chi connectivity index (χ0) is 27.6. The molecule has 2 saturated heterocycles. The number of aromatic nitrogens is 1. The van der Waals surface area contributed by atoms with Gasteiger partial charge in [0.15, 0.2) is 0 Å².